The molecule has 336 valence electrons. The number of carbonyl (C=O) groups excluding carboxylic acids is 2. The van der Waals surface area contributed by atoms with E-state index in [1.807, 2.05) is 19.3 Å². The molecule has 0 saturated heterocycles. The summed E-state index contributed by atoms with van der Waals surface area (Å²) in [5, 5.41) is 9.49. The van der Waals surface area contributed by atoms with Crippen LogP contribution >= 0.6 is 0 Å². The second-order valence-corrected chi connectivity index (χ2v) is 22.9. The number of nitrogens with zero attached hydrogens (tertiary/aromatic N) is 2. The molecule has 6 fully saturated rings. The summed E-state index contributed by atoms with van der Waals surface area (Å²) in [7, 11) is 0. The normalized spacial score (nSPS) is 43.9. The number of urea groups is 1. The minimum Gasteiger partial charge on any atom is -0.353 e. The quantitative estimate of drug-likeness (QED) is 0.279. The van der Waals surface area contributed by atoms with Gasteiger partial charge in [0.15, 0.2) is 0 Å². The molecule has 0 aromatic carbocycles. The van der Waals surface area contributed by atoms with Crippen LogP contribution in [-0.4, -0.2) is 40.5 Å². The van der Waals surface area contributed by atoms with Crippen LogP contribution in [0.15, 0.2) is 61.2 Å². The van der Waals surface area contributed by atoms with Gasteiger partial charge in [-0.1, -0.05) is 65.8 Å². The van der Waals surface area contributed by atoms with Crippen LogP contribution < -0.4 is 16.0 Å². The van der Waals surface area contributed by atoms with E-state index in [1.165, 1.54) is 88.2 Å². The summed E-state index contributed by atoms with van der Waals surface area (Å²) >= 11 is 0. The smallest absolute Gasteiger partial charge is 0.315 e. The summed E-state index contributed by atoms with van der Waals surface area (Å²) in [5.74, 6) is 7.67. The summed E-state index contributed by atoms with van der Waals surface area (Å²) in [6.07, 6.45) is 31.0. The van der Waals surface area contributed by atoms with Crippen LogP contribution in [0.2, 0.25) is 0 Å². The Hall–Kier alpha value is -3.48. The van der Waals surface area contributed by atoms with E-state index in [9.17, 15) is 9.59 Å². The van der Waals surface area contributed by atoms with Gasteiger partial charge in [-0.25, -0.2) is 4.79 Å². The first-order chi connectivity index (χ1) is 29.7. The van der Waals surface area contributed by atoms with Gasteiger partial charge in [-0.05, 0) is 212 Å². The molecule has 3 amide bonds. The monoisotopic (exact) mass is 842 g/mol. The van der Waals surface area contributed by atoms with E-state index < -0.39 is 0 Å². The molecule has 2 heterocycles. The van der Waals surface area contributed by atoms with Crippen LogP contribution in [0.5, 0.6) is 0 Å². The molecule has 7 nitrogen and oxygen atoms in total. The van der Waals surface area contributed by atoms with Gasteiger partial charge in [-0.3, -0.25) is 14.8 Å². The molecule has 7 heteroatoms. The number of aromatic nitrogens is 2. The van der Waals surface area contributed by atoms with E-state index in [2.05, 4.69) is 116 Å². The molecule has 62 heavy (non-hydrogen) atoms. The van der Waals surface area contributed by atoms with Gasteiger partial charge in [0.05, 0.1) is 0 Å². The van der Waals surface area contributed by atoms with E-state index in [4.69, 9.17) is 0 Å². The summed E-state index contributed by atoms with van der Waals surface area (Å²) in [6, 6.07) is 9.36. The highest BCUT2D eigenvalue weighted by molar-refractivity contribution is 5.75. The average molecular weight is 842 g/mol. The summed E-state index contributed by atoms with van der Waals surface area (Å²) in [6.45, 7) is 19.5. The van der Waals surface area contributed by atoms with Crippen molar-refractivity contribution >= 4 is 23.1 Å². The molecule has 10 rings (SSSR count). The first-order valence-electron chi connectivity index (χ1n) is 25.3. The van der Waals surface area contributed by atoms with Crippen molar-refractivity contribution in [1.82, 2.24) is 25.9 Å². The largest absolute Gasteiger partial charge is 0.353 e. The molecular formula is C55H79N5O2. The van der Waals surface area contributed by atoms with E-state index in [0.717, 1.165) is 60.2 Å². The Kier molecular flexibility index (Phi) is 11.9. The van der Waals surface area contributed by atoms with Gasteiger partial charge < -0.3 is 16.0 Å². The molecule has 0 spiro atoms. The Balaban J connectivity index is 0.000000158. The fourth-order valence-corrected chi connectivity index (χ4v) is 17.6. The lowest BCUT2D eigenvalue weighted by molar-refractivity contribution is -0.129. The van der Waals surface area contributed by atoms with Crippen LogP contribution in [0, 0.1) is 80.8 Å². The van der Waals surface area contributed by atoms with Crippen LogP contribution in [0.3, 0.4) is 0 Å². The maximum absolute atomic E-state index is 12.2. The zero-order valence-corrected chi connectivity index (χ0v) is 39.5. The third-order valence-corrected chi connectivity index (χ3v) is 20.6. The Labute approximate surface area is 374 Å². The van der Waals surface area contributed by atoms with E-state index in [1.54, 1.807) is 18.1 Å². The predicted molar refractivity (Wildman–Crippen MR) is 251 cm³/mol. The van der Waals surface area contributed by atoms with Crippen molar-refractivity contribution in [3.05, 3.63) is 72.3 Å². The number of hydrogen-bond donors (Lipinski definition) is 3. The van der Waals surface area contributed by atoms with Gasteiger partial charge in [-0.2, -0.15) is 0 Å². The lowest BCUT2D eigenvalue weighted by Gasteiger charge is -2.62. The Morgan fingerprint density at radius 3 is 1.50 bits per heavy atom. The highest BCUT2D eigenvalue weighted by atomic mass is 16.2. The van der Waals surface area contributed by atoms with Crippen LogP contribution in [-0.2, 0) is 4.79 Å². The molecule has 8 aliphatic rings. The second kappa shape index (κ2) is 16.8. The average Bonchev–Trinajstić information content (AvgIpc) is 3.81. The molecule has 0 aliphatic heterocycles. The van der Waals surface area contributed by atoms with Crippen molar-refractivity contribution in [3.63, 3.8) is 0 Å². The molecule has 16 atom stereocenters. The Morgan fingerprint density at radius 2 is 1.08 bits per heavy atom. The second-order valence-electron chi connectivity index (χ2n) is 22.9. The van der Waals surface area contributed by atoms with E-state index >= 15 is 0 Å². The van der Waals surface area contributed by atoms with Crippen molar-refractivity contribution in [2.75, 3.05) is 6.54 Å². The van der Waals surface area contributed by atoms with Gasteiger partial charge in [-0.15, -0.1) is 0 Å². The topological polar surface area (TPSA) is 96.0 Å². The number of carbonyl (C=O) groups is 2. The van der Waals surface area contributed by atoms with Gasteiger partial charge >= 0.3 is 6.03 Å². The standard InChI is InChI=1S/C28H41N3O.C27H38N2O/c1-5-30-26(32)31-25-13-15-27(3)21(18(25)2)9-8-20-23-11-10-22(19-7-6-16-29-17-19)28(23,4)14-12-24(20)27;1-17-21-8-7-20-23-10-9-22(19-6-5-15-28-16-19)27(23,4)13-11-24(20)26(21,3)14-12-25(17)29-18(2)30/h6-7,10,16-18,20-21,23-25H,5,8-9,11-15H2,1-4H3,(H2,30,31,32);5-6,9,15-17,20-21,23-25H,7-8,10-14H2,1-4H3,(H,29,30)/t18?,20-,21?,23-,24-,25?,27-,28+;17?,20-,21?,23-,24-,25?,26-,27+/m00/s1. The van der Waals surface area contributed by atoms with Crippen molar-refractivity contribution in [3.8, 4) is 0 Å². The van der Waals surface area contributed by atoms with Crippen LogP contribution in [0.1, 0.15) is 156 Å². The Bertz CT molecular complexity index is 2020. The van der Waals surface area contributed by atoms with E-state index in [-0.39, 0.29) is 11.9 Å². The third-order valence-electron chi connectivity index (χ3n) is 20.6. The van der Waals surface area contributed by atoms with Crippen molar-refractivity contribution < 1.29 is 9.59 Å². The number of hydrogen-bond acceptors (Lipinski definition) is 4. The summed E-state index contributed by atoms with van der Waals surface area (Å²) < 4.78 is 0. The maximum Gasteiger partial charge on any atom is 0.315 e. The first-order valence-corrected chi connectivity index (χ1v) is 25.3. The molecule has 0 radical (unpaired) electrons. The van der Waals surface area contributed by atoms with Crippen molar-refractivity contribution in [2.45, 2.75) is 157 Å². The molecule has 3 N–H and O–H groups in total. The number of rotatable bonds is 5. The molecule has 6 unspecified atom stereocenters. The zero-order chi connectivity index (χ0) is 43.6. The predicted octanol–water partition coefficient (Wildman–Crippen LogP) is 11.9. The van der Waals surface area contributed by atoms with E-state index in [0.29, 0.717) is 52.1 Å². The molecule has 2 aromatic heterocycles. The molecule has 0 bridgehead atoms. The fourth-order valence-electron chi connectivity index (χ4n) is 17.6. The number of allylic oxidation sites excluding steroid dienone is 4. The van der Waals surface area contributed by atoms with Gasteiger partial charge in [0.2, 0.25) is 5.91 Å². The van der Waals surface area contributed by atoms with Crippen LogP contribution in [0.25, 0.3) is 11.1 Å². The number of pyridine rings is 2. The highest BCUT2D eigenvalue weighted by Crippen LogP contribution is 2.70. The summed E-state index contributed by atoms with van der Waals surface area (Å²) in [4.78, 5) is 32.7. The molecule has 2 aromatic rings. The number of amides is 3. The van der Waals surface area contributed by atoms with Gasteiger partial charge in [0, 0.05) is 50.3 Å². The minimum absolute atomic E-state index is 0.00929. The first kappa shape index (κ1) is 43.8. The van der Waals surface area contributed by atoms with Gasteiger partial charge in [0.25, 0.3) is 0 Å². The van der Waals surface area contributed by atoms with Crippen molar-refractivity contribution in [2.24, 2.45) is 80.8 Å². The lowest BCUT2D eigenvalue weighted by atomic mass is 9.43. The molecular weight excluding hydrogens is 763 g/mol. The van der Waals surface area contributed by atoms with Crippen molar-refractivity contribution in [1.29, 1.82) is 0 Å². The fraction of sp³-hybridized carbons (Fsp3) is 0.709. The number of nitrogens with one attached hydrogen (secondary N) is 3. The maximum atomic E-state index is 12.2. The molecule has 6 saturated carbocycles. The minimum atomic E-state index is 0.00929. The number of fused-ring (bicyclic) bond motifs is 10. The van der Waals surface area contributed by atoms with Crippen LogP contribution in [0.4, 0.5) is 4.79 Å². The highest BCUT2D eigenvalue weighted by Gasteiger charge is 2.62. The lowest BCUT2D eigenvalue weighted by Crippen LogP contribution is -2.58. The zero-order valence-electron chi connectivity index (χ0n) is 39.5. The Morgan fingerprint density at radius 1 is 0.613 bits per heavy atom. The SMILES string of the molecule is CC(=O)NC1CC[C@@]2(C)C(CC[C@@H]3[C@@H]2CC[C@]2(C)C(c4cccnc4)=CC[C@@H]32)C1C.CCNC(=O)NC1CC[C@@]2(C)C(CC[C@@H]3[C@@H]2CC[C@]2(C)C(c4cccnc4)=CC[C@@H]32)C1C. The summed E-state index contributed by atoms with van der Waals surface area (Å²) in [5.41, 5.74) is 7.27. The van der Waals surface area contributed by atoms with Gasteiger partial charge in [0.1, 0.15) is 0 Å². The third kappa shape index (κ3) is 7.20. The molecule has 8 aliphatic carbocycles.